The van der Waals surface area contributed by atoms with Crippen LogP contribution in [0.4, 0.5) is 0 Å². The van der Waals surface area contributed by atoms with Crippen molar-refractivity contribution in [2.24, 2.45) is 0 Å². The Morgan fingerprint density at radius 2 is 1.77 bits per heavy atom. The number of methoxy groups -OCH3 is 1. The first kappa shape index (κ1) is 18.1. The normalized spacial score (nSPS) is 15.1. The van der Waals surface area contributed by atoms with E-state index < -0.39 is 0 Å². The summed E-state index contributed by atoms with van der Waals surface area (Å²) in [4.78, 5) is 44.4. The van der Waals surface area contributed by atoms with Crippen molar-refractivity contribution in [1.29, 1.82) is 0 Å². The molecule has 2 aromatic rings. The first-order chi connectivity index (χ1) is 12.6. The highest BCUT2D eigenvalue weighted by Crippen LogP contribution is 2.10. The average Bonchev–Trinajstić information content (AvgIpc) is 2.90. The van der Waals surface area contributed by atoms with E-state index in [0.29, 0.717) is 43.6 Å². The number of carbonyl (C=O) groups is 2. The second-order valence-corrected chi connectivity index (χ2v) is 6.22. The molecule has 0 aliphatic carbocycles. The van der Waals surface area contributed by atoms with Gasteiger partial charge in [-0.25, -0.2) is 4.98 Å². The van der Waals surface area contributed by atoms with Gasteiger partial charge in [0, 0.05) is 33.3 Å². The predicted molar refractivity (Wildman–Crippen MR) is 95.7 cm³/mol. The van der Waals surface area contributed by atoms with Crippen molar-refractivity contribution in [2.75, 3.05) is 39.9 Å². The van der Waals surface area contributed by atoms with Crippen molar-refractivity contribution in [3.8, 4) is 0 Å². The lowest BCUT2D eigenvalue weighted by molar-refractivity contribution is -0.136. The lowest BCUT2D eigenvalue weighted by Gasteiger charge is -2.22. The van der Waals surface area contributed by atoms with Crippen molar-refractivity contribution in [3.63, 3.8) is 0 Å². The molecular weight excluding hydrogens is 336 g/mol. The lowest BCUT2D eigenvalue weighted by Crippen LogP contribution is -2.40. The fraction of sp³-hybridized carbons (Fsp3) is 0.444. The smallest absolute Gasteiger partial charge is 0.269 e. The monoisotopic (exact) mass is 358 g/mol. The van der Waals surface area contributed by atoms with Gasteiger partial charge in [-0.05, 0) is 18.6 Å². The molecule has 0 unspecified atom stereocenters. The van der Waals surface area contributed by atoms with E-state index in [0.717, 1.165) is 0 Å². The van der Waals surface area contributed by atoms with Crippen LogP contribution in [-0.4, -0.2) is 71.1 Å². The maximum atomic E-state index is 12.7. The van der Waals surface area contributed by atoms with E-state index in [4.69, 9.17) is 4.74 Å². The van der Waals surface area contributed by atoms with Gasteiger partial charge in [0.1, 0.15) is 13.2 Å². The molecule has 0 atom stereocenters. The third-order valence-corrected chi connectivity index (χ3v) is 4.52. The van der Waals surface area contributed by atoms with Crippen LogP contribution in [0, 0.1) is 0 Å². The van der Waals surface area contributed by atoms with Crippen LogP contribution >= 0.6 is 0 Å². The quantitative estimate of drug-likeness (QED) is 0.774. The molecule has 1 aromatic heterocycles. The highest BCUT2D eigenvalue weighted by atomic mass is 16.5. The van der Waals surface area contributed by atoms with Gasteiger partial charge in [-0.3, -0.25) is 19.0 Å². The number of aromatic nitrogens is 2. The number of carbonyl (C=O) groups excluding carboxylic acids is 2. The van der Waals surface area contributed by atoms with Crippen molar-refractivity contribution in [2.45, 2.75) is 13.0 Å². The first-order valence-corrected chi connectivity index (χ1v) is 8.59. The minimum atomic E-state index is -0.302. The second kappa shape index (κ2) is 8.09. The Labute approximate surface area is 151 Å². The highest BCUT2D eigenvalue weighted by molar-refractivity contribution is 5.80. The fourth-order valence-corrected chi connectivity index (χ4v) is 3.14. The van der Waals surface area contributed by atoms with Gasteiger partial charge in [-0.1, -0.05) is 12.1 Å². The van der Waals surface area contributed by atoms with Gasteiger partial charge in [0.2, 0.25) is 11.8 Å². The van der Waals surface area contributed by atoms with E-state index >= 15 is 0 Å². The van der Waals surface area contributed by atoms with Gasteiger partial charge < -0.3 is 14.5 Å². The van der Waals surface area contributed by atoms with Crippen molar-refractivity contribution in [3.05, 3.63) is 40.8 Å². The Morgan fingerprint density at radius 3 is 2.50 bits per heavy atom. The molecule has 8 heteroatoms. The van der Waals surface area contributed by atoms with E-state index in [1.807, 2.05) is 12.1 Å². The van der Waals surface area contributed by atoms with E-state index in [-0.39, 0.29) is 30.5 Å². The number of hydrogen-bond acceptors (Lipinski definition) is 5. The summed E-state index contributed by atoms with van der Waals surface area (Å²) in [7, 11) is 1.49. The number of amides is 2. The summed E-state index contributed by atoms with van der Waals surface area (Å²) < 4.78 is 6.34. The maximum Gasteiger partial charge on any atom is 0.269 e. The zero-order valence-corrected chi connectivity index (χ0v) is 14.8. The molecule has 26 heavy (non-hydrogen) atoms. The molecule has 0 saturated carbocycles. The lowest BCUT2D eigenvalue weighted by atomic mass is 10.3. The van der Waals surface area contributed by atoms with Crippen LogP contribution < -0.4 is 5.56 Å². The molecule has 2 heterocycles. The summed E-state index contributed by atoms with van der Waals surface area (Å²) in [5.41, 5.74) is 1.01. The second-order valence-electron chi connectivity index (χ2n) is 6.22. The molecule has 1 aliphatic heterocycles. The SMILES string of the molecule is COCC(=O)N1CCCN(C(=O)Cn2c(=O)cnc3ccccc32)CC1. The summed E-state index contributed by atoms with van der Waals surface area (Å²) >= 11 is 0. The number of hydrogen-bond donors (Lipinski definition) is 0. The zero-order valence-electron chi connectivity index (χ0n) is 14.8. The Morgan fingerprint density at radius 1 is 1.08 bits per heavy atom. The summed E-state index contributed by atoms with van der Waals surface area (Å²) in [6.07, 6.45) is 1.94. The van der Waals surface area contributed by atoms with E-state index in [1.54, 1.807) is 21.9 Å². The molecule has 0 bridgehead atoms. The number of nitrogens with zero attached hydrogens (tertiary/aromatic N) is 4. The zero-order chi connectivity index (χ0) is 18.5. The molecule has 0 spiro atoms. The number of para-hydroxylation sites is 2. The summed E-state index contributed by atoms with van der Waals surface area (Å²) in [6.45, 7) is 2.10. The molecule has 138 valence electrons. The molecule has 1 fully saturated rings. The minimum absolute atomic E-state index is 0.0338. The van der Waals surface area contributed by atoms with Crippen LogP contribution in [0.15, 0.2) is 35.3 Å². The molecule has 8 nitrogen and oxygen atoms in total. The Hall–Kier alpha value is -2.74. The number of rotatable bonds is 4. The molecule has 1 aromatic carbocycles. The molecule has 2 amide bonds. The van der Waals surface area contributed by atoms with Crippen LogP contribution in [0.25, 0.3) is 11.0 Å². The minimum Gasteiger partial charge on any atom is -0.375 e. The summed E-state index contributed by atoms with van der Waals surface area (Å²) in [5, 5.41) is 0. The topological polar surface area (TPSA) is 84.7 Å². The number of fused-ring (bicyclic) bond motifs is 1. The fourth-order valence-electron chi connectivity index (χ4n) is 3.14. The predicted octanol–water partition coefficient (Wildman–Crippen LogP) is 0.104. The Balaban J connectivity index is 1.72. The number of benzene rings is 1. The van der Waals surface area contributed by atoms with Gasteiger partial charge in [0.25, 0.3) is 5.56 Å². The van der Waals surface area contributed by atoms with E-state index in [1.165, 1.54) is 17.9 Å². The third kappa shape index (κ3) is 3.91. The van der Waals surface area contributed by atoms with Gasteiger partial charge in [0.05, 0.1) is 17.2 Å². The Kier molecular flexibility index (Phi) is 5.62. The highest BCUT2D eigenvalue weighted by Gasteiger charge is 2.22. The van der Waals surface area contributed by atoms with Crippen molar-refractivity contribution < 1.29 is 14.3 Å². The van der Waals surface area contributed by atoms with Gasteiger partial charge in [-0.2, -0.15) is 0 Å². The average molecular weight is 358 g/mol. The van der Waals surface area contributed by atoms with E-state index in [9.17, 15) is 14.4 Å². The molecule has 0 radical (unpaired) electrons. The van der Waals surface area contributed by atoms with Crippen LogP contribution in [0.5, 0.6) is 0 Å². The standard InChI is InChI=1S/C18H22N4O4/c1-26-13-18(25)21-8-4-7-20(9-10-21)17(24)12-22-15-6-3-2-5-14(15)19-11-16(22)23/h2-3,5-6,11H,4,7-10,12-13H2,1H3. The van der Waals surface area contributed by atoms with Crippen LogP contribution in [0.3, 0.4) is 0 Å². The van der Waals surface area contributed by atoms with Gasteiger partial charge in [0.15, 0.2) is 0 Å². The van der Waals surface area contributed by atoms with Gasteiger partial charge >= 0.3 is 0 Å². The third-order valence-electron chi connectivity index (χ3n) is 4.52. The van der Waals surface area contributed by atoms with Crippen LogP contribution in [-0.2, 0) is 20.9 Å². The maximum absolute atomic E-state index is 12.7. The molecule has 0 N–H and O–H groups in total. The van der Waals surface area contributed by atoms with E-state index in [2.05, 4.69) is 4.98 Å². The first-order valence-electron chi connectivity index (χ1n) is 8.59. The molecule has 3 rings (SSSR count). The van der Waals surface area contributed by atoms with Crippen LogP contribution in [0.1, 0.15) is 6.42 Å². The van der Waals surface area contributed by atoms with Crippen LogP contribution in [0.2, 0.25) is 0 Å². The number of ether oxygens (including phenoxy) is 1. The molecule has 1 aliphatic rings. The summed E-state index contributed by atoms with van der Waals surface area (Å²) in [5.74, 6) is -0.206. The van der Waals surface area contributed by atoms with Gasteiger partial charge in [-0.15, -0.1) is 0 Å². The largest absolute Gasteiger partial charge is 0.375 e. The van der Waals surface area contributed by atoms with Crippen molar-refractivity contribution in [1.82, 2.24) is 19.4 Å². The molecule has 1 saturated heterocycles. The molecular formula is C18H22N4O4. The Bertz CT molecular complexity index is 864. The van der Waals surface area contributed by atoms with Crippen molar-refractivity contribution >= 4 is 22.8 Å². The summed E-state index contributed by atoms with van der Waals surface area (Å²) in [6, 6.07) is 7.24.